The highest BCUT2D eigenvalue weighted by atomic mass is 35.5. The lowest BCUT2D eigenvalue weighted by Gasteiger charge is -2.25. The summed E-state index contributed by atoms with van der Waals surface area (Å²) in [6, 6.07) is 7.85. The lowest BCUT2D eigenvalue weighted by Crippen LogP contribution is -2.47. The molecule has 2 unspecified atom stereocenters. The SMILES string of the molecule is CC(NC(=O)C1CCCCN1)c1ccc(N2CCCC2=O)cc1.Cl. The summed E-state index contributed by atoms with van der Waals surface area (Å²) >= 11 is 0. The second kappa shape index (κ2) is 8.49. The summed E-state index contributed by atoms with van der Waals surface area (Å²) in [5.74, 6) is 0.276. The third-order valence-electron chi connectivity index (χ3n) is 4.76. The number of hydrogen-bond donors (Lipinski definition) is 2. The van der Waals surface area contributed by atoms with Gasteiger partial charge in [-0.2, -0.15) is 0 Å². The molecular weight excluding hydrogens is 326 g/mol. The van der Waals surface area contributed by atoms with Gasteiger partial charge in [-0.1, -0.05) is 18.6 Å². The Hall–Kier alpha value is -1.59. The quantitative estimate of drug-likeness (QED) is 0.876. The molecule has 2 aliphatic rings. The first kappa shape index (κ1) is 18.7. The van der Waals surface area contributed by atoms with Gasteiger partial charge in [-0.25, -0.2) is 0 Å². The van der Waals surface area contributed by atoms with Crippen molar-refractivity contribution in [3.05, 3.63) is 29.8 Å². The third-order valence-corrected chi connectivity index (χ3v) is 4.76. The molecule has 0 aliphatic carbocycles. The fourth-order valence-electron chi connectivity index (χ4n) is 3.34. The lowest BCUT2D eigenvalue weighted by molar-refractivity contribution is -0.124. The van der Waals surface area contributed by atoms with Gasteiger partial charge in [-0.3, -0.25) is 9.59 Å². The van der Waals surface area contributed by atoms with Crippen molar-refractivity contribution in [1.82, 2.24) is 10.6 Å². The Morgan fingerprint density at radius 3 is 2.58 bits per heavy atom. The second-order valence-electron chi connectivity index (χ2n) is 6.47. The third kappa shape index (κ3) is 4.28. The Morgan fingerprint density at radius 1 is 1.25 bits per heavy atom. The van der Waals surface area contributed by atoms with Crippen LogP contribution in [0.3, 0.4) is 0 Å². The molecule has 2 saturated heterocycles. The Labute approximate surface area is 149 Å². The molecule has 24 heavy (non-hydrogen) atoms. The zero-order chi connectivity index (χ0) is 16.2. The average Bonchev–Trinajstić information content (AvgIpc) is 3.02. The number of amides is 2. The first-order valence-corrected chi connectivity index (χ1v) is 8.59. The van der Waals surface area contributed by atoms with Gasteiger partial charge < -0.3 is 15.5 Å². The van der Waals surface area contributed by atoms with Crippen LogP contribution in [-0.4, -0.2) is 30.9 Å². The van der Waals surface area contributed by atoms with Crippen molar-refractivity contribution in [2.24, 2.45) is 0 Å². The molecule has 1 aromatic carbocycles. The van der Waals surface area contributed by atoms with Crippen LogP contribution in [0.15, 0.2) is 24.3 Å². The summed E-state index contributed by atoms with van der Waals surface area (Å²) in [5.41, 5.74) is 2.01. The maximum atomic E-state index is 12.3. The van der Waals surface area contributed by atoms with Crippen molar-refractivity contribution < 1.29 is 9.59 Å². The van der Waals surface area contributed by atoms with Crippen LogP contribution in [0.5, 0.6) is 0 Å². The molecular formula is C18H26ClN3O2. The smallest absolute Gasteiger partial charge is 0.237 e. The topological polar surface area (TPSA) is 61.4 Å². The van der Waals surface area contributed by atoms with E-state index in [0.29, 0.717) is 6.42 Å². The second-order valence-corrected chi connectivity index (χ2v) is 6.47. The van der Waals surface area contributed by atoms with Gasteiger partial charge in [-0.05, 0) is 50.4 Å². The van der Waals surface area contributed by atoms with Gasteiger partial charge in [0, 0.05) is 18.7 Å². The van der Waals surface area contributed by atoms with E-state index in [1.54, 1.807) is 0 Å². The van der Waals surface area contributed by atoms with Gasteiger partial charge in [0.1, 0.15) is 0 Å². The molecule has 2 aliphatic heterocycles. The summed E-state index contributed by atoms with van der Waals surface area (Å²) in [4.78, 5) is 25.9. The number of halogens is 1. The maximum Gasteiger partial charge on any atom is 0.237 e. The van der Waals surface area contributed by atoms with Crippen LogP contribution in [0, 0.1) is 0 Å². The molecule has 2 heterocycles. The molecule has 6 heteroatoms. The molecule has 0 aromatic heterocycles. The fourth-order valence-corrected chi connectivity index (χ4v) is 3.34. The highest BCUT2D eigenvalue weighted by Crippen LogP contribution is 2.23. The number of hydrogen-bond acceptors (Lipinski definition) is 3. The maximum absolute atomic E-state index is 12.3. The number of carbonyl (C=O) groups is 2. The van der Waals surface area contributed by atoms with E-state index >= 15 is 0 Å². The van der Waals surface area contributed by atoms with Gasteiger partial charge >= 0.3 is 0 Å². The van der Waals surface area contributed by atoms with Gasteiger partial charge in [-0.15, -0.1) is 12.4 Å². The normalized spacial score (nSPS) is 22.0. The molecule has 2 fully saturated rings. The Bertz CT molecular complexity index is 570. The zero-order valence-corrected chi connectivity index (χ0v) is 14.9. The van der Waals surface area contributed by atoms with E-state index in [9.17, 15) is 9.59 Å². The molecule has 2 N–H and O–H groups in total. The number of piperidine rings is 1. The van der Waals surface area contributed by atoms with E-state index < -0.39 is 0 Å². The minimum atomic E-state index is -0.0623. The standard InChI is InChI=1S/C18H25N3O2.ClH/c1-13(20-18(23)16-5-2-3-11-19-16)14-7-9-15(10-8-14)21-12-4-6-17(21)22;/h7-10,13,16,19H,2-6,11-12H2,1H3,(H,20,23);1H. The van der Waals surface area contributed by atoms with E-state index in [1.807, 2.05) is 36.1 Å². The number of anilines is 1. The highest BCUT2D eigenvalue weighted by Gasteiger charge is 2.23. The van der Waals surface area contributed by atoms with Crippen LogP contribution in [-0.2, 0) is 9.59 Å². The van der Waals surface area contributed by atoms with Crippen LogP contribution >= 0.6 is 12.4 Å². The van der Waals surface area contributed by atoms with Crippen molar-refractivity contribution in [3.8, 4) is 0 Å². The minimum absolute atomic E-state index is 0. The molecule has 2 amide bonds. The number of nitrogens with zero attached hydrogens (tertiary/aromatic N) is 1. The van der Waals surface area contributed by atoms with E-state index in [1.165, 1.54) is 0 Å². The van der Waals surface area contributed by atoms with Gasteiger partial charge in [0.25, 0.3) is 0 Å². The lowest BCUT2D eigenvalue weighted by atomic mass is 10.0. The Balaban J connectivity index is 0.00000208. The van der Waals surface area contributed by atoms with Crippen molar-refractivity contribution >= 4 is 29.9 Å². The van der Waals surface area contributed by atoms with E-state index in [-0.39, 0.29) is 36.3 Å². The minimum Gasteiger partial charge on any atom is -0.348 e. The zero-order valence-electron chi connectivity index (χ0n) is 14.1. The summed E-state index contributed by atoms with van der Waals surface area (Å²) in [7, 11) is 0. The molecule has 2 atom stereocenters. The van der Waals surface area contributed by atoms with Gasteiger partial charge in [0.15, 0.2) is 0 Å². The van der Waals surface area contributed by atoms with Crippen LogP contribution in [0.2, 0.25) is 0 Å². The predicted octanol–water partition coefficient (Wildman–Crippen LogP) is 2.55. The highest BCUT2D eigenvalue weighted by molar-refractivity contribution is 5.95. The summed E-state index contributed by atoms with van der Waals surface area (Å²) in [6.45, 7) is 3.72. The van der Waals surface area contributed by atoms with Crippen molar-refractivity contribution in [2.75, 3.05) is 18.0 Å². The number of rotatable bonds is 4. The van der Waals surface area contributed by atoms with Crippen LogP contribution in [0.4, 0.5) is 5.69 Å². The predicted molar refractivity (Wildman–Crippen MR) is 97.5 cm³/mol. The van der Waals surface area contributed by atoms with Gasteiger partial charge in [0.05, 0.1) is 12.1 Å². The molecule has 3 rings (SSSR count). The molecule has 5 nitrogen and oxygen atoms in total. The number of benzene rings is 1. The first-order chi connectivity index (χ1) is 11.1. The monoisotopic (exact) mass is 351 g/mol. The van der Waals surface area contributed by atoms with Crippen molar-refractivity contribution in [1.29, 1.82) is 0 Å². The molecule has 0 bridgehead atoms. The molecule has 0 radical (unpaired) electrons. The Kier molecular flexibility index (Phi) is 6.63. The number of carbonyl (C=O) groups excluding carboxylic acids is 2. The van der Waals surface area contributed by atoms with Crippen molar-refractivity contribution in [3.63, 3.8) is 0 Å². The largest absolute Gasteiger partial charge is 0.348 e. The number of nitrogens with one attached hydrogen (secondary N) is 2. The van der Waals surface area contributed by atoms with Crippen LogP contribution in [0.1, 0.15) is 50.6 Å². The molecule has 132 valence electrons. The van der Waals surface area contributed by atoms with E-state index in [0.717, 1.165) is 50.0 Å². The van der Waals surface area contributed by atoms with E-state index in [2.05, 4.69) is 10.6 Å². The molecule has 0 saturated carbocycles. The average molecular weight is 352 g/mol. The van der Waals surface area contributed by atoms with Crippen LogP contribution < -0.4 is 15.5 Å². The van der Waals surface area contributed by atoms with Gasteiger partial charge in [0.2, 0.25) is 11.8 Å². The molecule has 1 aromatic rings. The summed E-state index contributed by atoms with van der Waals surface area (Å²) in [5, 5.41) is 6.35. The van der Waals surface area contributed by atoms with E-state index in [4.69, 9.17) is 0 Å². The fraction of sp³-hybridized carbons (Fsp3) is 0.556. The van der Waals surface area contributed by atoms with Crippen LogP contribution in [0.25, 0.3) is 0 Å². The first-order valence-electron chi connectivity index (χ1n) is 8.59. The molecule has 0 spiro atoms. The summed E-state index contributed by atoms with van der Waals surface area (Å²) in [6.07, 6.45) is 4.74. The van der Waals surface area contributed by atoms with Crippen molar-refractivity contribution in [2.45, 2.75) is 51.1 Å². The summed E-state index contributed by atoms with van der Waals surface area (Å²) < 4.78 is 0. The Morgan fingerprint density at radius 2 is 2.00 bits per heavy atom.